The van der Waals surface area contributed by atoms with Gasteiger partial charge in [-0.05, 0) is 38.5 Å². The zero-order chi connectivity index (χ0) is 48.5. The van der Waals surface area contributed by atoms with Crippen molar-refractivity contribution >= 4 is 19.8 Å². The lowest BCUT2D eigenvalue weighted by atomic mass is 10.0. The van der Waals surface area contributed by atoms with E-state index in [1.165, 1.54) is 173 Å². The molecule has 2 atom stereocenters. The molecule has 0 amide bonds. The lowest BCUT2D eigenvalue weighted by Crippen LogP contribution is -2.37. The molecule has 0 aromatic rings. The number of esters is 2. The summed E-state index contributed by atoms with van der Waals surface area (Å²) in [6, 6.07) is 0. The van der Waals surface area contributed by atoms with Crippen molar-refractivity contribution in [3.8, 4) is 0 Å². The van der Waals surface area contributed by atoms with E-state index < -0.39 is 26.5 Å². The topological polar surface area (TPSA) is 108 Å². The summed E-state index contributed by atoms with van der Waals surface area (Å²) in [5.41, 5.74) is 0. The molecule has 0 aliphatic rings. The van der Waals surface area contributed by atoms with Crippen LogP contribution in [-0.2, 0) is 32.7 Å². The first-order valence-corrected chi connectivity index (χ1v) is 29.6. The van der Waals surface area contributed by atoms with Crippen molar-refractivity contribution < 1.29 is 42.1 Å². The molecule has 1 N–H and O–H groups in total. The van der Waals surface area contributed by atoms with Gasteiger partial charge in [0.2, 0.25) is 0 Å². The Morgan fingerprint density at radius 1 is 0.470 bits per heavy atom. The van der Waals surface area contributed by atoms with Crippen LogP contribution in [0.2, 0.25) is 0 Å². The number of rotatable bonds is 52. The molecule has 0 heterocycles. The van der Waals surface area contributed by atoms with Crippen LogP contribution in [0.4, 0.5) is 0 Å². The third-order valence-corrected chi connectivity index (χ3v) is 13.4. The highest BCUT2D eigenvalue weighted by Gasteiger charge is 2.27. The highest BCUT2D eigenvalue weighted by molar-refractivity contribution is 7.47. The number of likely N-dealkylation sites (N-methyl/N-ethyl adjacent to an activating group) is 1. The van der Waals surface area contributed by atoms with Crippen molar-refractivity contribution in [2.75, 3.05) is 47.5 Å². The van der Waals surface area contributed by atoms with E-state index in [9.17, 15) is 19.0 Å². The normalized spacial score (nSPS) is 13.5. The lowest BCUT2D eigenvalue weighted by molar-refractivity contribution is -0.870. The minimum atomic E-state index is -4.38. The van der Waals surface area contributed by atoms with Gasteiger partial charge in [-0.25, -0.2) is 4.57 Å². The van der Waals surface area contributed by atoms with Crippen LogP contribution in [0.15, 0.2) is 24.3 Å². The molecule has 66 heavy (non-hydrogen) atoms. The fourth-order valence-electron chi connectivity index (χ4n) is 8.11. The maximum atomic E-state index is 12.7. The van der Waals surface area contributed by atoms with Gasteiger partial charge < -0.3 is 18.9 Å². The first kappa shape index (κ1) is 64.5. The van der Waals surface area contributed by atoms with E-state index in [2.05, 4.69) is 38.2 Å². The zero-order valence-corrected chi connectivity index (χ0v) is 45.1. The van der Waals surface area contributed by atoms with Gasteiger partial charge in [0.25, 0.3) is 0 Å². The van der Waals surface area contributed by atoms with E-state index in [0.29, 0.717) is 23.9 Å². The van der Waals surface area contributed by atoms with Gasteiger partial charge in [-0.2, -0.15) is 0 Å². The van der Waals surface area contributed by atoms with Crippen molar-refractivity contribution in [1.29, 1.82) is 0 Å². The fourth-order valence-corrected chi connectivity index (χ4v) is 8.86. The molecule has 0 rings (SSSR count). The Hall–Kier alpha value is -1.51. The Morgan fingerprint density at radius 3 is 1.26 bits per heavy atom. The highest BCUT2D eigenvalue weighted by atomic mass is 31.2. The Kier molecular flexibility index (Phi) is 47.4. The number of phosphoric acid groups is 1. The standard InChI is InChI=1S/C56H108NO8P/c1-6-8-10-12-14-16-18-20-21-22-23-24-25-26-27-28-29-30-31-32-33-34-35-37-38-40-42-44-46-48-55(58)62-52-54(53-64-66(60,61)63-51-50-57(3,4)5)65-56(59)49-47-45-43-41-39-36-19-17-15-13-11-9-7-2/h11,13,17,19,54H,6-10,12,14-16,18,20-53H2,1-5H3/p+1/b13-11-,19-17-. The average Bonchev–Trinajstić information content (AvgIpc) is 3.27. The Labute approximate surface area is 409 Å². The smallest absolute Gasteiger partial charge is 0.462 e. The third-order valence-electron chi connectivity index (χ3n) is 12.5. The van der Waals surface area contributed by atoms with E-state index in [-0.39, 0.29) is 25.6 Å². The monoisotopic (exact) mass is 955 g/mol. The molecule has 0 bridgehead atoms. The molecule has 10 heteroatoms. The summed E-state index contributed by atoms with van der Waals surface area (Å²) in [6.45, 7) is 4.39. The number of quaternary nitrogens is 1. The molecule has 0 fully saturated rings. The third kappa shape index (κ3) is 51.9. The van der Waals surface area contributed by atoms with E-state index in [4.69, 9.17) is 18.5 Å². The van der Waals surface area contributed by atoms with E-state index in [1.54, 1.807) is 0 Å². The van der Waals surface area contributed by atoms with E-state index in [0.717, 1.165) is 64.2 Å². The molecule has 0 spiro atoms. The molecule has 390 valence electrons. The van der Waals surface area contributed by atoms with E-state index >= 15 is 0 Å². The van der Waals surface area contributed by atoms with Crippen LogP contribution in [-0.4, -0.2) is 74.9 Å². The number of allylic oxidation sites excluding steroid dienone is 4. The number of carbonyl (C=O) groups excluding carboxylic acids is 2. The van der Waals surface area contributed by atoms with Crippen LogP contribution < -0.4 is 0 Å². The van der Waals surface area contributed by atoms with Crippen molar-refractivity contribution in [3.05, 3.63) is 24.3 Å². The molecule has 0 radical (unpaired) electrons. The fraction of sp³-hybridized carbons (Fsp3) is 0.893. The molecular weight excluding hydrogens is 846 g/mol. The van der Waals surface area contributed by atoms with Crippen LogP contribution in [0, 0.1) is 0 Å². The molecule has 0 saturated heterocycles. The summed E-state index contributed by atoms with van der Waals surface area (Å²) >= 11 is 0. The molecule has 0 saturated carbocycles. The number of unbranched alkanes of at least 4 members (excludes halogenated alkanes) is 34. The Bertz CT molecular complexity index is 1170. The minimum absolute atomic E-state index is 0.0308. The average molecular weight is 955 g/mol. The summed E-state index contributed by atoms with van der Waals surface area (Å²) in [4.78, 5) is 35.5. The number of hydrogen-bond acceptors (Lipinski definition) is 7. The van der Waals surface area contributed by atoms with Gasteiger partial charge in [-0.15, -0.1) is 0 Å². The number of nitrogens with zero attached hydrogens (tertiary/aromatic N) is 1. The van der Waals surface area contributed by atoms with Crippen LogP contribution >= 0.6 is 7.82 Å². The minimum Gasteiger partial charge on any atom is -0.462 e. The second kappa shape index (κ2) is 48.5. The summed E-state index contributed by atoms with van der Waals surface area (Å²) < 4.78 is 34.4. The number of hydrogen-bond donors (Lipinski definition) is 1. The van der Waals surface area contributed by atoms with Crippen LogP contribution in [0.5, 0.6) is 0 Å². The van der Waals surface area contributed by atoms with Gasteiger partial charge in [0.05, 0.1) is 27.7 Å². The summed E-state index contributed by atoms with van der Waals surface area (Å²) in [5, 5.41) is 0. The molecule has 0 aromatic heterocycles. The van der Waals surface area contributed by atoms with Crippen molar-refractivity contribution in [1.82, 2.24) is 0 Å². The molecule has 2 unspecified atom stereocenters. The predicted octanol–water partition coefficient (Wildman–Crippen LogP) is 17.0. The summed E-state index contributed by atoms with van der Waals surface area (Å²) in [7, 11) is 1.48. The molecule has 0 aliphatic heterocycles. The summed E-state index contributed by atoms with van der Waals surface area (Å²) in [5.74, 6) is -0.802. The first-order valence-electron chi connectivity index (χ1n) is 28.1. The van der Waals surface area contributed by atoms with Gasteiger partial charge in [0, 0.05) is 12.8 Å². The molecule has 9 nitrogen and oxygen atoms in total. The quantitative estimate of drug-likeness (QED) is 0.0211. The van der Waals surface area contributed by atoms with Gasteiger partial charge in [0.15, 0.2) is 6.10 Å². The first-order chi connectivity index (χ1) is 32.0. The van der Waals surface area contributed by atoms with Gasteiger partial charge in [-0.1, -0.05) is 244 Å². The number of ether oxygens (including phenoxy) is 2. The van der Waals surface area contributed by atoms with Crippen LogP contribution in [0.25, 0.3) is 0 Å². The lowest BCUT2D eigenvalue weighted by Gasteiger charge is -2.24. The second-order valence-corrected chi connectivity index (χ2v) is 21.8. The van der Waals surface area contributed by atoms with E-state index in [1.807, 2.05) is 21.1 Å². The van der Waals surface area contributed by atoms with Crippen molar-refractivity contribution in [3.63, 3.8) is 0 Å². The van der Waals surface area contributed by atoms with Crippen molar-refractivity contribution in [2.45, 2.75) is 277 Å². The maximum Gasteiger partial charge on any atom is 0.472 e. The maximum absolute atomic E-state index is 12.7. The van der Waals surface area contributed by atoms with Crippen LogP contribution in [0.3, 0.4) is 0 Å². The van der Waals surface area contributed by atoms with Crippen LogP contribution in [0.1, 0.15) is 271 Å². The Morgan fingerprint density at radius 2 is 0.848 bits per heavy atom. The van der Waals surface area contributed by atoms with Crippen molar-refractivity contribution in [2.24, 2.45) is 0 Å². The molecule has 0 aliphatic carbocycles. The largest absolute Gasteiger partial charge is 0.472 e. The molecular formula is C56H109NO8P+. The summed E-state index contributed by atoms with van der Waals surface area (Å²) in [6.07, 6.45) is 56.9. The van der Waals surface area contributed by atoms with Gasteiger partial charge >= 0.3 is 19.8 Å². The highest BCUT2D eigenvalue weighted by Crippen LogP contribution is 2.43. The predicted molar refractivity (Wildman–Crippen MR) is 280 cm³/mol. The number of phosphoric ester groups is 1. The van der Waals surface area contributed by atoms with Gasteiger partial charge in [-0.3, -0.25) is 18.6 Å². The second-order valence-electron chi connectivity index (χ2n) is 20.3. The molecule has 0 aromatic carbocycles. The SMILES string of the molecule is CCC/C=C\C/C=C\CCCCCCCC(=O)OC(COC(=O)CCCCCCCCCCCCCCCCCCCCCCCCCCCCCCC)COP(=O)(O)OCC[N+](C)(C)C. The van der Waals surface area contributed by atoms with Gasteiger partial charge in [0.1, 0.15) is 19.8 Å². The zero-order valence-electron chi connectivity index (χ0n) is 44.2. The number of carbonyl (C=O) groups is 2. The Balaban J connectivity index is 4.01.